The van der Waals surface area contributed by atoms with E-state index in [-0.39, 0.29) is 0 Å². The second-order valence-electron chi connectivity index (χ2n) is 4.57. The fourth-order valence-corrected chi connectivity index (χ4v) is 1.60. The molecule has 92 valence electrons. The van der Waals surface area contributed by atoms with Gasteiger partial charge in [-0.1, -0.05) is 13.8 Å². The van der Waals surface area contributed by atoms with Gasteiger partial charge in [-0.3, -0.25) is 0 Å². The van der Waals surface area contributed by atoms with Crippen LogP contribution in [-0.4, -0.2) is 29.8 Å². The van der Waals surface area contributed by atoms with Gasteiger partial charge in [0.1, 0.15) is 0 Å². The van der Waals surface area contributed by atoms with Crippen molar-refractivity contribution >= 4 is 5.95 Å². The lowest BCUT2D eigenvalue weighted by atomic mass is 10.1. The van der Waals surface area contributed by atoms with Crippen molar-refractivity contribution in [2.24, 2.45) is 5.92 Å². The van der Waals surface area contributed by atoms with Crippen LogP contribution in [0.15, 0.2) is 12.4 Å². The lowest BCUT2D eigenvalue weighted by molar-refractivity contribution is 0.163. The molecule has 0 aromatic carbocycles. The predicted octanol–water partition coefficient (Wildman–Crippen LogP) is 2.55. The molecule has 0 fully saturated rings. The van der Waals surface area contributed by atoms with Crippen LogP contribution in [0.4, 0.5) is 5.95 Å². The van der Waals surface area contributed by atoms with E-state index in [1.165, 1.54) is 0 Å². The van der Waals surface area contributed by atoms with Crippen molar-refractivity contribution in [1.82, 2.24) is 9.55 Å². The lowest BCUT2D eigenvalue weighted by Gasteiger charge is -2.16. The van der Waals surface area contributed by atoms with E-state index < -0.39 is 0 Å². The topological polar surface area (TPSA) is 39.1 Å². The predicted molar refractivity (Wildman–Crippen MR) is 66.8 cm³/mol. The van der Waals surface area contributed by atoms with Crippen LogP contribution < -0.4 is 5.32 Å². The van der Waals surface area contributed by atoms with Gasteiger partial charge in [-0.2, -0.15) is 0 Å². The first-order chi connectivity index (χ1) is 7.65. The number of nitrogens with zero attached hydrogens (tertiary/aromatic N) is 2. The van der Waals surface area contributed by atoms with Gasteiger partial charge >= 0.3 is 0 Å². The maximum absolute atomic E-state index is 5.15. The summed E-state index contributed by atoms with van der Waals surface area (Å²) in [5, 5.41) is 3.36. The third-order valence-corrected chi connectivity index (χ3v) is 2.56. The van der Waals surface area contributed by atoms with Crippen LogP contribution in [0.3, 0.4) is 0 Å². The zero-order valence-corrected chi connectivity index (χ0v) is 10.7. The highest BCUT2D eigenvalue weighted by Gasteiger charge is 2.09. The zero-order valence-electron chi connectivity index (χ0n) is 10.7. The molecule has 1 heterocycles. The Morgan fingerprint density at radius 3 is 2.81 bits per heavy atom. The third-order valence-electron chi connectivity index (χ3n) is 2.56. The monoisotopic (exact) mass is 225 g/mol. The third kappa shape index (κ3) is 3.85. The second-order valence-corrected chi connectivity index (χ2v) is 4.57. The average molecular weight is 225 g/mol. The molecule has 4 nitrogen and oxygen atoms in total. The summed E-state index contributed by atoms with van der Waals surface area (Å²) in [5.74, 6) is 1.65. The molecule has 1 aromatic heterocycles. The van der Waals surface area contributed by atoms with Gasteiger partial charge in [0.2, 0.25) is 5.95 Å². The van der Waals surface area contributed by atoms with Crippen molar-refractivity contribution in [2.75, 3.05) is 25.6 Å². The van der Waals surface area contributed by atoms with E-state index in [1.807, 2.05) is 12.4 Å². The fraction of sp³-hybridized carbons (Fsp3) is 0.750. The highest BCUT2D eigenvalue weighted by atomic mass is 16.5. The zero-order chi connectivity index (χ0) is 12.0. The number of hydrogen-bond donors (Lipinski definition) is 1. The lowest BCUT2D eigenvalue weighted by Crippen LogP contribution is -2.15. The van der Waals surface area contributed by atoms with Crippen LogP contribution in [0, 0.1) is 5.92 Å². The van der Waals surface area contributed by atoms with Gasteiger partial charge in [0, 0.05) is 26.0 Å². The number of hydrogen-bond acceptors (Lipinski definition) is 3. The molecule has 16 heavy (non-hydrogen) atoms. The number of nitrogens with one attached hydrogen (secondary N) is 1. The summed E-state index contributed by atoms with van der Waals surface area (Å²) in [6.45, 7) is 8.24. The average Bonchev–Trinajstić information content (AvgIpc) is 2.66. The summed E-state index contributed by atoms with van der Waals surface area (Å²) >= 11 is 0. The minimum atomic E-state index is 0.314. The number of methoxy groups -OCH3 is 1. The van der Waals surface area contributed by atoms with Crippen LogP contribution in [0.2, 0.25) is 0 Å². The van der Waals surface area contributed by atoms with E-state index in [1.54, 1.807) is 7.11 Å². The SMILES string of the molecule is COCC(C)n1ccnc1NCCC(C)C. The van der Waals surface area contributed by atoms with Crippen molar-refractivity contribution in [2.45, 2.75) is 33.2 Å². The standard InChI is InChI=1S/C12H23N3O/c1-10(2)5-6-13-12-14-7-8-15(12)11(3)9-16-4/h7-8,10-11H,5-6,9H2,1-4H3,(H,13,14). The molecular weight excluding hydrogens is 202 g/mol. The molecule has 0 saturated carbocycles. The molecular formula is C12H23N3O. The summed E-state index contributed by atoms with van der Waals surface area (Å²) in [7, 11) is 1.72. The van der Waals surface area contributed by atoms with Crippen molar-refractivity contribution in [3.63, 3.8) is 0 Å². The molecule has 0 aliphatic rings. The quantitative estimate of drug-likeness (QED) is 0.775. The molecule has 1 unspecified atom stereocenters. The minimum absolute atomic E-state index is 0.314. The fourth-order valence-electron chi connectivity index (χ4n) is 1.60. The molecule has 0 amide bonds. The van der Waals surface area contributed by atoms with Gasteiger partial charge in [-0.25, -0.2) is 4.98 Å². The van der Waals surface area contributed by atoms with E-state index in [2.05, 4.69) is 35.6 Å². The second kappa shape index (κ2) is 6.53. The van der Waals surface area contributed by atoms with Crippen molar-refractivity contribution in [1.29, 1.82) is 0 Å². The first kappa shape index (κ1) is 13.0. The Balaban J connectivity index is 2.50. The van der Waals surface area contributed by atoms with Gasteiger partial charge in [0.15, 0.2) is 0 Å². The first-order valence-electron chi connectivity index (χ1n) is 5.90. The van der Waals surface area contributed by atoms with Gasteiger partial charge in [-0.05, 0) is 19.3 Å². The van der Waals surface area contributed by atoms with E-state index in [0.717, 1.165) is 18.9 Å². The first-order valence-corrected chi connectivity index (χ1v) is 5.90. The molecule has 1 rings (SSSR count). The minimum Gasteiger partial charge on any atom is -0.383 e. The summed E-state index contributed by atoms with van der Waals surface area (Å²) in [4.78, 5) is 4.31. The Bertz CT molecular complexity index is 296. The van der Waals surface area contributed by atoms with Gasteiger partial charge in [-0.15, -0.1) is 0 Å². The van der Waals surface area contributed by atoms with Gasteiger partial charge in [0.25, 0.3) is 0 Å². The highest BCUT2D eigenvalue weighted by Crippen LogP contribution is 2.13. The largest absolute Gasteiger partial charge is 0.383 e. The summed E-state index contributed by atoms with van der Waals surface area (Å²) in [6.07, 6.45) is 4.97. The molecule has 1 aromatic rings. The molecule has 0 bridgehead atoms. The van der Waals surface area contributed by atoms with Crippen LogP contribution in [-0.2, 0) is 4.74 Å². The van der Waals surface area contributed by atoms with Crippen molar-refractivity contribution in [3.8, 4) is 0 Å². The Morgan fingerprint density at radius 1 is 1.44 bits per heavy atom. The van der Waals surface area contributed by atoms with E-state index in [4.69, 9.17) is 4.74 Å². The molecule has 0 spiro atoms. The number of aromatic nitrogens is 2. The van der Waals surface area contributed by atoms with Gasteiger partial charge < -0.3 is 14.6 Å². The molecule has 0 radical (unpaired) electrons. The van der Waals surface area contributed by atoms with Crippen LogP contribution in [0.5, 0.6) is 0 Å². The molecule has 4 heteroatoms. The Hall–Kier alpha value is -1.03. The Labute approximate surface area is 98.0 Å². The smallest absolute Gasteiger partial charge is 0.203 e. The number of anilines is 1. The molecule has 1 N–H and O–H groups in total. The molecule has 0 saturated heterocycles. The molecule has 0 aliphatic carbocycles. The summed E-state index contributed by atoms with van der Waals surface area (Å²) < 4.78 is 7.26. The Kier molecular flexibility index (Phi) is 5.32. The number of ether oxygens (including phenoxy) is 1. The number of rotatable bonds is 7. The van der Waals surface area contributed by atoms with Crippen LogP contribution in [0.25, 0.3) is 0 Å². The van der Waals surface area contributed by atoms with E-state index in [9.17, 15) is 0 Å². The Morgan fingerprint density at radius 2 is 2.19 bits per heavy atom. The van der Waals surface area contributed by atoms with Crippen LogP contribution >= 0.6 is 0 Å². The van der Waals surface area contributed by atoms with Crippen molar-refractivity contribution in [3.05, 3.63) is 12.4 Å². The highest BCUT2D eigenvalue weighted by molar-refractivity contribution is 5.26. The normalized spacial score (nSPS) is 13.1. The van der Waals surface area contributed by atoms with Crippen LogP contribution in [0.1, 0.15) is 33.2 Å². The number of imidazole rings is 1. The van der Waals surface area contributed by atoms with E-state index >= 15 is 0 Å². The van der Waals surface area contributed by atoms with Crippen molar-refractivity contribution < 1.29 is 4.74 Å². The summed E-state index contributed by atoms with van der Waals surface area (Å²) in [6, 6.07) is 0.314. The molecule has 0 aliphatic heterocycles. The van der Waals surface area contributed by atoms with E-state index in [0.29, 0.717) is 18.6 Å². The maximum atomic E-state index is 5.15. The summed E-state index contributed by atoms with van der Waals surface area (Å²) in [5.41, 5.74) is 0. The maximum Gasteiger partial charge on any atom is 0.203 e. The molecule has 1 atom stereocenters. The van der Waals surface area contributed by atoms with Gasteiger partial charge in [0.05, 0.1) is 12.6 Å².